The van der Waals surface area contributed by atoms with Crippen LogP contribution in [0.2, 0.25) is 0 Å². The second-order valence-corrected chi connectivity index (χ2v) is 4.28. The van der Waals surface area contributed by atoms with Gasteiger partial charge in [0.2, 0.25) is 0 Å². The molecule has 13 heavy (non-hydrogen) atoms. The van der Waals surface area contributed by atoms with E-state index in [1.807, 2.05) is 0 Å². The Kier molecular flexibility index (Phi) is 1.92. The van der Waals surface area contributed by atoms with Gasteiger partial charge < -0.3 is 5.73 Å². The van der Waals surface area contributed by atoms with Crippen LogP contribution in [0.1, 0.15) is 35.2 Å². The molecule has 0 amide bonds. The van der Waals surface area contributed by atoms with Crippen molar-refractivity contribution in [3.8, 4) is 0 Å². The first-order chi connectivity index (χ1) is 6.11. The van der Waals surface area contributed by atoms with E-state index in [2.05, 4.69) is 32.9 Å². The van der Waals surface area contributed by atoms with E-state index in [-0.39, 0.29) is 6.04 Å². The zero-order chi connectivity index (χ0) is 9.59. The van der Waals surface area contributed by atoms with Gasteiger partial charge in [-0.15, -0.1) is 0 Å². The van der Waals surface area contributed by atoms with Gasteiger partial charge in [0.05, 0.1) is 0 Å². The molecule has 0 aliphatic heterocycles. The fraction of sp³-hybridized carbons (Fsp3) is 0.500. The maximum atomic E-state index is 6.11. The molecule has 1 aromatic rings. The predicted octanol–water partition coefficient (Wildman–Crippen LogP) is 2.50. The number of hydrogen-bond donors (Lipinski definition) is 1. The van der Waals surface area contributed by atoms with Crippen LogP contribution < -0.4 is 5.73 Å². The van der Waals surface area contributed by atoms with Crippen LogP contribution in [-0.2, 0) is 6.42 Å². The van der Waals surface area contributed by atoms with E-state index in [1.165, 1.54) is 22.3 Å². The summed E-state index contributed by atoms with van der Waals surface area (Å²) in [5.74, 6) is 0.607. The molecule has 0 bridgehead atoms. The Labute approximate surface area is 80.0 Å². The molecule has 2 atom stereocenters. The number of hydrogen-bond acceptors (Lipinski definition) is 1. The third-order valence-corrected chi connectivity index (χ3v) is 3.40. The molecule has 1 aliphatic carbocycles. The molecule has 2 N–H and O–H groups in total. The van der Waals surface area contributed by atoms with Crippen molar-refractivity contribution in [3.63, 3.8) is 0 Å². The van der Waals surface area contributed by atoms with E-state index >= 15 is 0 Å². The van der Waals surface area contributed by atoms with Gasteiger partial charge in [-0.3, -0.25) is 0 Å². The zero-order valence-corrected chi connectivity index (χ0v) is 8.59. The lowest BCUT2D eigenvalue weighted by Gasteiger charge is -2.10. The van der Waals surface area contributed by atoms with Gasteiger partial charge in [-0.1, -0.05) is 19.1 Å². The van der Waals surface area contributed by atoms with Gasteiger partial charge >= 0.3 is 0 Å². The summed E-state index contributed by atoms with van der Waals surface area (Å²) in [6.45, 7) is 6.61. The van der Waals surface area contributed by atoms with Crippen molar-refractivity contribution in [3.05, 3.63) is 34.4 Å². The van der Waals surface area contributed by atoms with Crippen LogP contribution in [0.5, 0.6) is 0 Å². The molecule has 0 saturated heterocycles. The van der Waals surface area contributed by atoms with Crippen LogP contribution in [0.25, 0.3) is 0 Å². The summed E-state index contributed by atoms with van der Waals surface area (Å²) in [6.07, 6.45) is 1.16. The SMILES string of the molecule is Cc1ccc2c(c1C)CC(C)C2N. The molecule has 0 aromatic heterocycles. The fourth-order valence-corrected chi connectivity index (χ4v) is 2.23. The van der Waals surface area contributed by atoms with Crippen LogP contribution in [0, 0.1) is 19.8 Å². The molecule has 1 heteroatoms. The highest BCUT2D eigenvalue weighted by Crippen LogP contribution is 2.36. The molecule has 1 aliphatic rings. The van der Waals surface area contributed by atoms with E-state index in [1.54, 1.807) is 0 Å². The summed E-state index contributed by atoms with van der Waals surface area (Å²) in [4.78, 5) is 0. The van der Waals surface area contributed by atoms with Crippen LogP contribution in [0.15, 0.2) is 12.1 Å². The molecular formula is C12H17N. The van der Waals surface area contributed by atoms with Crippen molar-refractivity contribution >= 4 is 0 Å². The molecule has 2 unspecified atom stereocenters. The van der Waals surface area contributed by atoms with Crippen LogP contribution >= 0.6 is 0 Å². The molecule has 0 radical (unpaired) electrons. The first-order valence-corrected chi connectivity index (χ1v) is 4.96. The van der Waals surface area contributed by atoms with E-state index in [4.69, 9.17) is 5.73 Å². The summed E-state index contributed by atoms with van der Waals surface area (Å²) < 4.78 is 0. The smallest absolute Gasteiger partial charge is 0.0326 e. The van der Waals surface area contributed by atoms with Gasteiger partial charge in [0.15, 0.2) is 0 Å². The minimum Gasteiger partial charge on any atom is -0.324 e. The molecule has 2 rings (SSSR count). The number of rotatable bonds is 0. The molecule has 0 fully saturated rings. The standard InChI is InChI=1S/C12H17N/c1-7-4-5-10-11(9(7)3)6-8(2)12(10)13/h4-5,8,12H,6,13H2,1-3H3. The molecule has 0 spiro atoms. The summed E-state index contributed by atoms with van der Waals surface area (Å²) in [5, 5.41) is 0. The topological polar surface area (TPSA) is 26.0 Å². The molecule has 1 nitrogen and oxygen atoms in total. The van der Waals surface area contributed by atoms with E-state index in [9.17, 15) is 0 Å². The van der Waals surface area contributed by atoms with Gasteiger partial charge in [0.25, 0.3) is 0 Å². The number of aryl methyl sites for hydroxylation is 1. The van der Waals surface area contributed by atoms with Crippen molar-refractivity contribution < 1.29 is 0 Å². The van der Waals surface area contributed by atoms with Crippen molar-refractivity contribution in [2.45, 2.75) is 33.2 Å². The third kappa shape index (κ3) is 1.19. The van der Waals surface area contributed by atoms with E-state index < -0.39 is 0 Å². The second-order valence-electron chi connectivity index (χ2n) is 4.28. The summed E-state index contributed by atoms with van der Waals surface area (Å²) >= 11 is 0. The highest BCUT2D eigenvalue weighted by atomic mass is 14.7. The number of fused-ring (bicyclic) bond motifs is 1. The van der Waals surface area contributed by atoms with Crippen LogP contribution in [0.4, 0.5) is 0 Å². The summed E-state index contributed by atoms with van der Waals surface area (Å²) in [7, 11) is 0. The predicted molar refractivity (Wildman–Crippen MR) is 55.7 cm³/mol. The largest absolute Gasteiger partial charge is 0.324 e. The maximum Gasteiger partial charge on any atom is 0.0326 e. The number of benzene rings is 1. The van der Waals surface area contributed by atoms with Crippen LogP contribution in [-0.4, -0.2) is 0 Å². The average Bonchev–Trinajstić information content (AvgIpc) is 2.38. The van der Waals surface area contributed by atoms with Crippen molar-refractivity contribution in [1.29, 1.82) is 0 Å². The minimum atomic E-state index is 0.259. The molecular weight excluding hydrogens is 158 g/mol. The third-order valence-electron chi connectivity index (χ3n) is 3.40. The second kappa shape index (κ2) is 2.85. The average molecular weight is 175 g/mol. The van der Waals surface area contributed by atoms with Gasteiger partial charge in [-0.2, -0.15) is 0 Å². The minimum absolute atomic E-state index is 0.259. The highest BCUT2D eigenvalue weighted by Gasteiger charge is 2.27. The lowest BCUT2D eigenvalue weighted by molar-refractivity contribution is 0.513. The Hall–Kier alpha value is -0.820. The molecule has 0 heterocycles. The Morgan fingerprint density at radius 1 is 1.31 bits per heavy atom. The van der Waals surface area contributed by atoms with Crippen molar-refractivity contribution in [2.24, 2.45) is 11.7 Å². The Balaban J connectivity index is 2.57. The normalized spacial score (nSPS) is 26.2. The highest BCUT2D eigenvalue weighted by molar-refractivity contribution is 5.44. The fourth-order valence-electron chi connectivity index (χ4n) is 2.23. The quantitative estimate of drug-likeness (QED) is 0.644. The van der Waals surface area contributed by atoms with Gasteiger partial charge in [-0.25, -0.2) is 0 Å². The first-order valence-electron chi connectivity index (χ1n) is 4.96. The van der Waals surface area contributed by atoms with Gasteiger partial charge in [0.1, 0.15) is 0 Å². The molecule has 0 saturated carbocycles. The van der Waals surface area contributed by atoms with Crippen molar-refractivity contribution in [2.75, 3.05) is 0 Å². The summed E-state index contributed by atoms with van der Waals surface area (Å²) in [6, 6.07) is 4.65. The van der Waals surface area contributed by atoms with Gasteiger partial charge in [-0.05, 0) is 48.4 Å². The van der Waals surface area contributed by atoms with Gasteiger partial charge in [0, 0.05) is 6.04 Å². The lowest BCUT2D eigenvalue weighted by atomic mass is 9.99. The van der Waals surface area contributed by atoms with E-state index in [0.29, 0.717) is 5.92 Å². The number of nitrogens with two attached hydrogens (primary N) is 1. The summed E-state index contributed by atoms with van der Waals surface area (Å²) in [5.41, 5.74) is 11.8. The molecule has 70 valence electrons. The monoisotopic (exact) mass is 175 g/mol. The zero-order valence-electron chi connectivity index (χ0n) is 8.59. The molecule has 1 aromatic carbocycles. The van der Waals surface area contributed by atoms with E-state index in [0.717, 1.165) is 6.42 Å². The first kappa shape index (κ1) is 8.76. The Morgan fingerprint density at radius 3 is 2.69 bits per heavy atom. The Bertz CT molecular complexity index is 341. The maximum absolute atomic E-state index is 6.11. The van der Waals surface area contributed by atoms with Crippen molar-refractivity contribution in [1.82, 2.24) is 0 Å². The Morgan fingerprint density at radius 2 is 2.00 bits per heavy atom. The lowest BCUT2D eigenvalue weighted by Crippen LogP contribution is -2.13. The van der Waals surface area contributed by atoms with Crippen LogP contribution in [0.3, 0.4) is 0 Å².